The summed E-state index contributed by atoms with van der Waals surface area (Å²) >= 11 is 6.46. The van der Waals surface area contributed by atoms with E-state index in [1.807, 2.05) is 36.4 Å². The van der Waals surface area contributed by atoms with Crippen molar-refractivity contribution in [1.82, 2.24) is 5.32 Å². The van der Waals surface area contributed by atoms with Crippen molar-refractivity contribution in [3.05, 3.63) is 94.0 Å². The lowest BCUT2D eigenvalue weighted by Gasteiger charge is -2.36. The molecule has 4 N–H and O–H groups in total. The molecule has 7 heteroatoms. The van der Waals surface area contributed by atoms with Crippen molar-refractivity contribution in [2.75, 3.05) is 23.8 Å². The quantitative estimate of drug-likeness (QED) is 0.238. The van der Waals surface area contributed by atoms with Crippen LogP contribution in [0.5, 0.6) is 0 Å². The number of ether oxygens (including phenoxy) is 1. The molecule has 6 nitrogen and oxygen atoms in total. The van der Waals surface area contributed by atoms with Gasteiger partial charge in [0, 0.05) is 33.1 Å². The summed E-state index contributed by atoms with van der Waals surface area (Å²) in [6.45, 7) is 5.78. The van der Waals surface area contributed by atoms with Crippen molar-refractivity contribution in [2.24, 2.45) is 5.92 Å². The highest BCUT2D eigenvalue weighted by molar-refractivity contribution is 6.31. The molecule has 2 unspecified atom stereocenters. The predicted octanol–water partition coefficient (Wildman–Crippen LogP) is 6.22. The molecule has 5 rings (SSSR count). The Balaban J connectivity index is 1.35. The van der Waals surface area contributed by atoms with Gasteiger partial charge in [-0.3, -0.25) is 10.2 Å². The Kier molecular flexibility index (Phi) is 7.73. The molecule has 0 aromatic heterocycles. The van der Waals surface area contributed by atoms with Gasteiger partial charge in [-0.05, 0) is 67.1 Å². The molecule has 2 bridgehead atoms. The lowest BCUT2D eigenvalue weighted by molar-refractivity contribution is 0.0906. The summed E-state index contributed by atoms with van der Waals surface area (Å²) in [5.74, 6) is 0.144. The van der Waals surface area contributed by atoms with E-state index in [2.05, 4.69) is 36.2 Å². The van der Waals surface area contributed by atoms with Gasteiger partial charge in [0.1, 0.15) is 0 Å². The van der Waals surface area contributed by atoms with Gasteiger partial charge in [0.2, 0.25) is 0 Å². The number of amides is 1. The number of fused-ring (bicyclic) bond motifs is 2. The van der Waals surface area contributed by atoms with Crippen molar-refractivity contribution in [2.45, 2.75) is 51.2 Å². The fourth-order valence-corrected chi connectivity index (χ4v) is 5.92. The number of carbonyl (C=O) groups is 1. The maximum Gasteiger partial charge on any atom is 0.251 e. The third-order valence-electron chi connectivity index (χ3n) is 7.57. The van der Waals surface area contributed by atoms with E-state index in [4.69, 9.17) is 27.5 Å². The van der Waals surface area contributed by atoms with E-state index >= 15 is 0 Å². The van der Waals surface area contributed by atoms with Crippen LogP contribution in [0.3, 0.4) is 0 Å². The zero-order valence-corrected chi connectivity index (χ0v) is 22.7. The van der Waals surface area contributed by atoms with Gasteiger partial charge in [-0.2, -0.15) is 0 Å². The van der Waals surface area contributed by atoms with Crippen molar-refractivity contribution in [1.29, 1.82) is 5.41 Å². The molecule has 0 radical (unpaired) electrons. The Morgan fingerprint density at radius 2 is 1.71 bits per heavy atom. The molecule has 38 heavy (non-hydrogen) atoms. The molecule has 2 aliphatic heterocycles. The van der Waals surface area contributed by atoms with Crippen molar-refractivity contribution >= 4 is 34.6 Å². The zero-order chi connectivity index (χ0) is 26.8. The summed E-state index contributed by atoms with van der Waals surface area (Å²) in [4.78, 5) is 15.8. The molecule has 1 amide bonds. The first-order valence-electron chi connectivity index (χ1n) is 13.3. The molecule has 2 aliphatic rings. The normalized spacial score (nSPS) is 19.4. The molecule has 0 aliphatic carbocycles. The van der Waals surface area contributed by atoms with Gasteiger partial charge in [-0.1, -0.05) is 55.8 Å². The number of morpholine rings is 1. The number of anilines is 2. The van der Waals surface area contributed by atoms with Gasteiger partial charge < -0.3 is 20.7 Å². The number of nitrogen functional groups attached to an aromatic ring is 1. The maximum absolute atomic E-state index is 13.3. The number of hydrogen-bond acceptors (Lipinski definition) is 5. The predicted molar refractivity (Wildman–Crippen MR) is 154 cm³/mol. The molecule has 0 spiro atoms. The lowest BCUT2D eigenvalue weighted by atomic mass is 9.95. The number of benzene rings is 3. The van der Waals surface area contributed by atoms with Gasteiger partial charge in [0.05, 0.1) is 37.1 Å². The van der Waals surface area contributed by atoms with E-state index < -0.39 is 0 Å². The molecule has 0 saturated carbocycles. The van der Waals surface area contributed by atoms with Gasteiger partial charge in [0.25, 0.3) is 5.91 Å². The molecule has 198 valence electrons. The van der Waals surface area contributed by atoms with Crippen molar-refractivity contribution < 1.29 is 9.53 Å². The fourth-order valence-electron chi connectivity index (χ4n) is 5.65. The van der Waals surface area contributed by atoms with E-state index in [0.717, 1.165) is 49.3 Å². The van der Waals surface area contributed by atoms with Gasteiger partial charge in [0.15, 0.2) is 0 Å². The number of rotatable bonds is 8. The fraction of sp³-hybridized carbons (Fsp3) is 0.355. The minimum Gasteiger partial charge on any atom is -0.398 e. The molecule has 3 aromatic carbocycles. The Morgan fingerprint density at radius 3 is 2.37 bits per heavy atom. The minimum absolute atomic E-state index is 0.220. The molecule has 3 aromatic rings. The van der Waals surface area contributed by atoms with E-state index in [1.165, 1.54) is 0 Å². The summed E-state index contributed by atoms with van der Waals surface area (Å²) in [7, 11) is 0. The Bertz CT molecular complexity index is 1310. The second-order valence-electron chi connectivity index (χ2n) is 10.7. The van der Waals surface area contributed by atoms with Crippen molar-refractivity contribution in [3.63, 3.8) is 0 Å². The van der Waals surface area contributed by atoms with Crippen LogP contribution >= 0.6 is 11.6 Å². The SMILES string of the molecule is CC(C)C[C@H](NC(=O)c1ccc(N)c(C(=N)c2ccc(N3C4CCC3COC4)cc2)c1)c1ccccc1Cl. The molecule has 2 heterocycles. The van der Waals surface area contributed by atoms with E-state index in [-0.39, 0.29) is 11.9 Å². The zero-order valence-electron chi connectivity index (χ0n) is 21.9. The lowest BCUT2D eigenvalue weighted by Crippen LogP contribution is -2.45. The van der Waals surface area contributed by atoms with Crippen LogP contribution in [-0.2, 0) is 4.74 Å². The molecule has 2 fully saturated rings. The summed E-state index contributed by atoms with van der Waals surface area (Å²) < 4.78 is 5.72. The Labute approximate surface area is 229 Å². The first kappa shape index (κ1) is 26.3. The monoisotopic (exact) mass is 530 g/mol. The van der Waals surface area contributed by atoms with Crippen LogP contribution in [0.1, 0.15) is 66.2 Å². The first-order chi connectivity index (χ1) is 18.3. The number of halogens is 1. The Hall–Kier alpha value is -3.35. The van der Waals surface area contributed by atoms with Gasteiger partial charge in [-0.15, -0.1) is 0 Å². The first-order valence-corrected chi connectivity index (χ1v) is 13.7. The highest BCUT2D eigenvalue weighted by atomic mass is 35.5. The standard InChI is InChI=1S/C31H35ClN4O2/c1-19(2)15-29(25-5-3-4-6-27(25)32)35-31(37)21-9-14-28(33)26(16-21)30(34)20-7-10-22(11-8-20)36-23-12-13-24(36)18-38-17-23/h3-11,14,16,19,23-24,29,34H,12-13,15,17-18,33H2,1-2H3,(H,35,37)/t23?,24?,29-/m0/s1. The molecule has 2 saturated heterocycles. The average Bonchev–Trinajstić information content (AvgIpc) is 3.16. The smallest absolute Gasteiger partial charge is 0.251 e. The van der Waals surface area contributed by atoms with Crippen LogP contribution in [0, 0.1) is 11.3 Å². The number of hydrogen-bond donors (Lipinski definition) is 3. The average molecular weight is 531 g/mol. The number of nitrogens with two attached hydrogens (primary N) is 1. The minimum atomic E-state index is -0.223. The third-order valence-corrected chi connectivity index (χ3v) is 7.92. The van der Waals surface area contributed by atoms with Crippen LogP contribution < -0.4 is 16.0 Å². The van der Waals surface area contributed by atoms with Crippen molar-refractivity contribution in [3.8, 4) is 0 Å². The summed E-state index contributed by atoms with van der Waals surface area (Å²) in [5, 5.41) is 12.7. The van der Waals surface area contributed by atoms with E-state index in [9.17, 15) is 4.79 Å². The number of nitrogens with zero attached hydrogens (tertiary/aromatic N) is 1. The van der Waals surface area contributed by atoms with Gasteiger partial charge in [-0.25, -0.2) is 0 Å². The largest absolute Gasteiger partial charge is 0.398 e. The summed E-state index contributed by atoms with van der Waals surface area (Å²) in [5.41, 5.74) is 10.9. The van der Waals surface area contributed by atoms with Crippen LogP contribution in [0.15, 0.2) is 66.7 Å². The summed E-state index contributed by atoms with van der Waals surface area (Å²) in [6.07, 6.45) is 3.06. The van der Waals surface area contributed by atoms with Crippen LogP contribution in [0.2, 0.25) is 5.02 Å². The Morgan fingerprint density at radius 1 is 1.05 bits per heavy atom. The highest BCUT2D eigenvalue weighted by Crippen LogP contribution is 2.34. The second-order valence-corrected chi connectivity index (χ2v) is 11.1. The maximum atomic E-state index is 13.3. The number of carbonyl (C=O) groups excluding carboxylic acids is 1. The number of nitrogens with one attached hydrogen (secondary N) is 2. The van der Waals surface area contributed by atoms with Gasteiger partial charge >= 0.3 is 0 Å². The molecule has 3 atom stereocenters. The third kappa shape index (κ3) is 5.42. The van der Waals surface area contributed by atoms with Crippen LogP contribution in [0.4, 0.5) is 11.4 Å². The summed E-state index contributed by atoms with van der Waals surface area (Å²) in [6, 6.07) is 21.4. The van der Waals surface area contributed by atoms with Crippen LogP contribution in [-0.4, -0.2) is 36.9 Å². The highest BCUT2D eigenvalue weighted by Gasteiger charge is 2.37. The topological polar surface area (TPSA) is 91.4 Å². The second kappa shape index (κ2) is 11.2. The molecular weight excluding hydrogens is 496 g/mol. The van der Waals surface area contributed by atoms with E-state index in [0.29, 0.717) is 45.6 Å². The van der Waals surface area contributed by atoms with E-state index in [1.54, 1.807) is 18.2 Å². The van der Waals surface area contributed by atoms with Crippen LogP contribution in [0.25, 0.3) is 0 Å². The molecular formula is C31H35ClN4O2.